The lowest BCUT2D eigenvalue weighted by atomic mass is 10.1. The van der Waals surface area contributed by atoms with E-state index in [4.69, 9.17) is 37.0 Å². The predicted octanol–water partition coefficient (Wildman–Crippen LogP) is 24.2. The zero-order valence-electron chi connectivity index (χ0n) is 66.3. The van der Waals surface area contributed by atoms with E-state index in [2.05, 4.69) is 174 Å². The molecule has 0 aromatic heterocycles. The van der Waals surface area contributed by atoms with Gasteiger partial charge in [-0.15, -0.1) is 0 Å². The van der Waals surface area contributed by atoms with Crippen molar-refractivity contribution in [2.24, 2.45) is 0 Å². The number of ether oxygens (including phenoxy) is 4. The topological polar surface area (TPSA) is 237 Å². The van der Waals surface area contributed by atoms with Crippen molar-refractivity contribution in [3.63, 3.8) is 0 Å². The molecule has 0 bridgehead atoms. The van der Waals surface area contributed by atoms with Gasteiger partial charge in [-0.25, -0.2) is 9.13 Å². The first-order chi connectivity index (χ1) is 51.7. The lowest BCUT2D eigenvalue weighted by Crippen LogP contribution is -2.30. The number of hydrogen-bond acceptors (Lipinski definition) is 15. The predicted molar refractivity (Wildman–Crippen MR) is 436 cm³/mol. The third kappa shape index (κ3) is 77.1. The molecule has 606 valence electrons. The van der Waals surface area contributed by atoms with Crippen LogP contribution in [-0.2, 0) is 65.4 Å². The van der Waals surface area contributed by atoms with Crippen LogP contribution in [0.4, 0.5) is 0 Å². The van der Waals surface area contributed by atoms with Crippen molar-refractivity contribution in [2.45, 2.75) is 341 Å². The van der Waals surface area contributed by atoms with Crippen LogP contribution in [0.2, 0.25) is 0 Å². The minimum Gasteiger partial charge on any atom is -0.462 e. The van der Waals surface area contributed by atoms with E-state index in [1.54, 1.807) is 0 Å². The van der Waals surface area contributed by atoms with E-state index in [0.29, 0.717) is 25.7 Å². The Labute approximate surface area is 643 Å². The van der Waals surface area contributed by atoms with Crippen molar-refractivity contribution >= 4 is 39.5 Å². The van der Waals surface area contributed by atoms with Crippen molar-refractivity contribution in [3.8, 4) is 0 Å². The van der Waals surface area contributed by atoms with Crippen molar-refractivity contribution in [1.82, 2.24) is 0 Å². The molecule has 0 aromatic rings. The Kier molecular flexibility index (Phi) is 74.3. The van der Waals surface area contributed by atoms with Gasteiger partial charge >= 0.3 is 39.5 Å². The van der Waals surface area contributed by atoms with E-state index in [1.807, 2.05) is 0 Å². The Bertz CT molecular complexity index is 2580. The fraction of sp³-hybridized carbons (Fsp3) is 0.678. The summed E-state index contributed by atoms with van der Waals surface area (Å²) in [5, 5.41) is 10.7. The van der Waals surface area contributed by atoms with Crippen LogP contribution < -0.4 is 0 Å². The number of rotatable bonds is 76. The monoisotopic (exact) mass is 1530 g/mol. The summed E-state index contributed by atoms with van der Waals surface area (Å²) in [5.41, 5.74) is 0. The van der Waals surface area contributed by atoms with Gasteiger partial charge in [0.25, 0.3) is 0 Å². The summed E-state index contributed by atoms with van der Waals surface area (Å²) in [5.74, 6) is -2.23. The zero-order valence-corrected chi connectivity index (χ0v) is 68.1. The number of hydrogen-bond donors (Lipinski definition) is 3. The third-order valence-electron chi connectivity index (χ3n) is 16.8. The van der Waals surface area contributed by atoms with Crippen LogP contribution in [-0.4, -0.2) is 96.7 Å². The summed E-state index contributed by atoms with van der Waals surface area (Å²) in [6.45, 7) is 4.48. The minimum absolute atomic E-state index is 0.0682. The van der Waals surface area contributed by atoms with E-state index >= 15 is 0 Å². The molecule has 0 rings (SSSR count). The van der Waals surface area contributed by atoms with Crippen LogP contribution in [0.3, 0.4) is 0 Å². The lowest BCUT2D eigenvalue weighted by molar-refractivity contribution is -0.161. The number of aliphatic hydroxyl groups is 1. The molecule has 0 amide bonds. The first-order valence-corrected chi connectivity index (χ1v) is 44.1. The van der Waals surface area contributed by atoms with Gasteiger partial charge in [-0.1, -0.05) is 283 Å². The average molecular weight is 1530 g/mol. The quantitative estimate of drug-likeness (QED) is 0.0169. The zero-order chi connectivity index (χ0) is 77.4. The fourth-order valence-corrected chi connectivity index (χ4v) is 12.2. The van der Waals surface area contributed by atoms with Crippen LogP contribution in [0.25, 0.3) is 0 Å². The van der Waals surface area contributed by atoms with E-state index in [-0.39, 0.29) is 25.7 Å². The van der Waals surface area contributed by atoms with E-state index in [9.17, 15) is 43.2 Å². The third-order valence-corrected chi connectivity index (χ3v) is 18.7. The molecule has 0 aromatic carbocycles. The Morgan fingerprint density at radius 3 is 0.764 bits per heavy atom. The molecule has 5 unspecified atom stereocenters. The first kappa shape index (κ1) is 101. The molecule has 0 saturated heterocycles. The van der Waals surface area contributed by atoms with Gasteiger partial charge in [-0.3, -0.25) is 37.3 Å². The highest BCUT2D eigenvalue weighted by molar-refractivity contribution is 7.47. The number of esters is 4. The number of phosphoric ester groups is 2. The Morgan fingerprint density at radius 1 is 0.274 bits per heavy atom. The number of aliphatic hydroxyl groups excluding tert-OH is 1. The SMILES string of the molecule is CC/C=C\C/C=C\C/C=C\C/C=C\CCCCCCCCC(=O)OCC(COP(=O)(O)OCC(O)COP(=O)(O)OCC(COC(=O)CCCCCCCC/C=C\C/C=C\C/C=C\C/C=C\CC)OC(=O)CCCCCCC/C=C\CCCCCC)OC(=O)CCCCCCC/C=C\C/C=C\C/C=C\CC. The van der Waals surface area contributed by atoms with Gasteiger partial charge < -0.3 is 33.8 Å². The van der Waals surface area contributed by atoms with E-state index in [1.165, 1.54) is 25.7 Å². The average Bonchev–Trinajstić information content (AvgIpc) is 0.933. The van der Waals surface area contributed by atoms with Gasteiger partial charge in [0, 0.05) is 25.7 Å². The molecular weight excluding hydrogens is 1380 g/mol. The summed E-state index contributed by atoms with van der Waals surface area (Å²) >= 11 is 0. The molecule has 0 heterocycles. The molecular formula is C87H146O17P2. The maximum atomic E-state index is 13.1. The van der Waals surface area contributed by atoms with Gasteiger partial charge in [0.2, 0.25) is 0 Å². The molecule has 106 heavy (non-hydrogen) atoms. The highest BCUT2D eigenvalue weighted by atomic mass is 31.2. The van der Waals surface area contributed by atoms with E-state index < -0.39 is 97.5 Å². The van der Waals surface area contributed by atoms with Crippen molar-refractivity contribution in [3.05, 3.63) is 146 Å². The summed E-state index contributed by atoms with van der Waals surface area (Å²) < 4.78 is 68.7. The van der Waals surface area contributed by atoms with Gasteiger partial charge in [-0.2, -0.15) is 0 Å². The normalized spacial score (nSPS) is 14.6. The van der Waals surface area contributed by atoms with Crippen LogP contribution in [0.5, 0.6) is 0 Å². The largest absolute Gasteiger partial charge is 0.472 e. The van der Waals surface area contributed by atoms with Crippen molar-refractivity contribution < 1.29 is 80.2 Å². The number of phosphoric acid groups is 2. The smallest absolute Gasteiger partial charge is 0.462 e. The highest BCUT2D eigenvalue weighted by Crippen LogP contribution is 2.45. The Hall–Kier alpha value is -5.06. The number of carbonyl (C=O) groups excluding carboxylic acids is 4. The molecule has 0 aliphatic heterocycles. The Balaban J connectivity index is 5.38. The fourth-order valence-electron chi connectivity index (χ4n) is 10.6. The maximum Gasteiger partial charge on any atom is 0.472 e. The standard InChI is InChI=1S/C87H146O17P2/c1-5-9-13-17-21-25-29-33-36-38-40-42-45-48-51-55-59-63-67-71-84(89)97-77-82(103-86(91)73-69-65-61-57-53-47-32-28-24-20-16-12-8-4)79-101-105(93,94)99-75-81(88)76-100-106(95,96)102-80-83(104-87(92)74-70-66-62-58-54-50-44-35-31-27-23-19-15-11-7-3)78-98-85(90)72-68-64-60-56-52-49-46-43-41-39-37-34-30-26-22-18-14-10-6-2/h9-11,13-15,21-23,25-28,32-37,40-44,81-83,88H,5-8,12,16-20,24,29-31,38-39,45-80H2,1-4H3,(H,93,94)(H,95,96)/b13-9-,14-10-,15-11-,25-21-,26-22-,27-23-,32-28-,36-33-,37-34-,42-40-,43-41-,44-35-. The van der Waals surface area contributed by atoms with E-state index in [0.717, 1.165) is 218 Å². The minimum atomic E-state index is -4.99. The van der Waals surface area contributed by atoms with Gasteiger partial charge in [-0.05, 0) is 161 Å². The molecule has 0 saturated carbocycles. The molecule has 0 aliphatic rings. The summed E-state index contributed by atoms with van der Waals surface area (Å²) in [6.07, 6.45) is 89.6. The summed E-state index contributed by atoms with van der Waals surface area (Å²) in [4.78, 5) is 73.1. The second-order valence-electron chi connectivity index (χ2n) is 26.9. The second kappa shape index (κ2) is 78.1. The molecule has 0 aliphatic carbocycles. The molecule has 0 fully saturated rings. The molecule has 5 atom stereocenters. The molecule has 19 heteroatoms. The maximum absolute atomic E-state index is 13.1. The van der Waals surface area contributed by atoms with Crippen LogP contribution in [0.15, 0.2) is 146 Å². The first-order valence-electron chi connectivity index (χ1n) is 41.1. The molecule has 17 nitrogen and oxygen atoms in total. The van der Waals surface area contributed by atoms with Crippen LogP contribution >= 0.6 is 15.6 Å². The second-order valence-corrected chi connectivity index (χ2v) is 29.8. The molecule has 0 spiro atoms. The van der Waals surface area contributed by atoms with Crippen molar-refractivity contribution in [1.29, 1.82) is 0 Å². The van der Waals surface area contributed by atoms with Gasteiger partial charge in [0.15, 0.2) is 12.2 Å². The summed E-state index contributed by atoms with van der Waals surface area (Å²) in [6, 6.07) is 0. The van der Waals surface area contributed by atoms with Crippen LogP contribution in [0.1, 0.15) is 323 Å². The number of allylic oxidation sites excluding steroid dienone is 24. The van der Waals surface area contributed by atoms with Gasteiger partial charge in [0.1, 0.15) is 19.3 Å². The number of unbranched alkanes of at least 4 members (excludes halogenated alkanes) is 26. The summed E-state index contributed by atoms with van der Waals surface area (Å²) in [7, 11) is -9.98. The highest BCUT2D eigenvalue weighted by Gasteiger charge is 2.30. The van der Waals surface area contributed by atoms with Crippen molar-refractivity contribution in [2.75, 3.05) is 39.6 Å². The number of carbonyl (C=O) groups is 4. The molecule has 3 N–H and O–H groups in total. The van der Waals surface area contributed by atoms with Crippen LogP contribution in [0, 0.1) is 0 Å². The molecule has 0 radical (unpaired) electrons. The lowest BCUT2D eigenvalue weighted by Gasteiger charge is -2.21. The van der Waals surface area contributed by atoms with Gasteiger partial charge in [0.05, 0.1) is 26.4 Å². The Morgan fingerprint density at radius 2 is 0.491 bits per heavy atom.